The van der Waals surface area contributed by atoms with E-state index in [2.05, 4.69) is 38.4 Å². The lowest BCUT2D eigenvalue weighted by Crippen LogP contribution is -2.28. The van der Waals surface area contributed by atoms with E-state index in [-0.39, 0.29) is 5.60 Å². The maximum atomic E-state index is 5.99. The van der Waals surface area contributed by atoms with Crippen LogP contribution >= 0.6 is 11.3 Å². The van der Waals surface area contributed by atoms with Crippen molar-refractivity contribution in [2.75, 3.05) is 19.7 Å². The van der Waals surface area contributed by atoms with E-state index >= 15 is 0 Å². The summed E-state index contributed by atoms with van der Waals surface area (Å²) in [6.45, 7) is 11.3. The molecule has 0 saturated carbocycles. The molecule has 1 rings (SSSR count). The molecule has 1 N–H and O–H groups in total. The molecule has 0 atom stereocenters. The fourth-order valence-corrected chi connectivity index (χ4v) is 3.27. The predicted octanol–water partition coefficient (Wildman–Crippen LogP) is 3.35. The molecule has 0 fully saturated rings. The van der Waals surface area contributed by atoms with Gasteiger partial charge < -0.3 is 10.1 Å². The molecule has 0 aliphatic carbocycles. The van der Waals surface area contributed by atoms with E-state index in [0.29, 0.717) is 0 Å². The molecule has 0 amide bonds. The molecule has 4 heteroatoms. The van der Waals surface area contributed by atoms with E-state index in [1.165, 1.54) is 5.69 Å². The van der Waals surface area contributed by atoms with Crippen molar-refractivity contribution in [1.29, 1.82) is 0 Å². The van der Waals surface area contributed by atoms with Gasteiger partial charge in [0.05, 0.1) is 5.69 Å². The van der Waals surface area contributed by atoms with Gasteiger partial charge in [-0.2, -0.15) is 0 Å². The third-order valence-electron chi connectivity index (χ3n) is 3.31. The smallest absolute Gasteiger partial charge is 0.125 e. The molecule has 0 aliphatic heterocycles. The van der Waals surface area contributed by atoms with Crippen molar-refractivity contribution in [2.45, 2.75) is 52.6 Å². The van der Waals surface area contributed by atoms with Crippen LogP contribution in [0.15, 0.2) is 5.38 Å². The SMILES string of the molecule is CCNCCc1csc(C(CC)(CC)OCC)n1. The van der Waals surface area contributed by atoms with Crippen molar-refractivity contribution >= 4 is 11.3 Å². The number of thiazole rings is 1. The number of ether oxygens (including phenoxy) is 1. The Bertz CT molecular complexity index is 334. The van der Waals surface area contributed by atoms with Crippen LogP contribution in [-0.4, -0.2) is 24.7 Å². The second-order valence-electron chi connectivity index (χ2n) is 4.38. The van der Waals surface area contributed by atoms with Crippen LogP contribution in [0.5, 0.6) is 0 Å². The second kappa shape index (κ2) is 7.87. The minimum Gasteiger partial charge on any atom is -0.368 e. The fraction of sp³-hybridized carbons (Fsp3) is 0.786. The van der Waals surface area contributed by atoms with Gasteiger partial charge in [0, 0.05) is 25.0 Å². The number of hydrogen-bond acceptors (Lipinski definition) is 4. The van der Waals surface area contributed by atoms with E-state index in [0.717, 1.165) is 44.0 Å². The summed E-state index contributed by atoms with van der Waals surface area (Å²) in [5.41, 5.74) is 1.01. The van der Waals surface area contributed by atoms with Crippen molar-refractivity contribution in [3.05, 3.63) is 16.1 Å². The summed E-state index contributed by atoms with van der Waals surface area (Å²) in [6.07, 6.45) is 2.97. The summed E-state index contributed by atoms with van der Waals surface area (Å²) in [6, 6.07) is 0. The van der Waals surface area contributed by atoms with E-state index in [1.54, 1.807) is 11.3 Å². The van der Waals surface area contributed by atoms with Gasteiger partial charge in [0.1, 0.15) is 10.6 Å². The van der Waals surface area contributed by atoms with E-state index < -0.39 is 0 Å². The molecule has 0 saturated heterocycles. The Labute approximate surface area is 115 Å². The zero-order valence-corrected chi connectivity index (χ0v) is 12.9. The maximum Gasteiger partial charge on any atom is 0.125 e. The molecule has 0 aromatic carbocycles. The monoisotopic (exact) mass is 270 g/mol. The number of likely N-dealkylation sites (N-methyl/N-ethyl adjacent to an activating group) is 1. The molecule has 0 spiro atoms. The average molecular weight is 270 g/mol. The minimum atomic E-state index is -0.171. The van der Waals surface area contributed by atoms with E-state index in [1.807, 2.05) is 0 Å². The Morgan fingerprint density at radius 3 is 2.56 bits per heavy atom. The van der Waals surface area contributed by atoms with Gasteiger partial charge in [0.25, 0.3) is 0 Å². The molecule has 0 bridgehead atoms. The van der Waals surface area contributed by atoms with Gasteiger partial charge in [-0.25, -0.2) is 4.98 Å². The molecule has 0 aliphatic rings. The molecule has 3 nitrogen and oxygen atoms in total. The second-order valence-corrected chi connectivity index (χ2v) is 5.24. The summed E-state index contributed by atoms with van der Waals surface area (Å²) in [5, 5.41) is 6.64. The minimum absolute atomic E-state index is 0.171. The van der Waals surface area contributed by atoms with Crippen molar-refractivity contribution in [1.82, 2.24) is 10.3 Å². The number of aromatic nitrogens is 1. The summed E-state index contributed by atoms with van der Waals surface area (Å²) < 4.78 is 5.99. The van der Waals surface area contributed by atoms with Gasteiger partial charge in [-0.15, -0.1) is 11.3 Å². The summed E-state index contributed by atoms with van der Waals surface area (Å²) in [4.78, 5) is 4.77. The van der Waals surface area contributed by atoms with Gasteiger partial charge in [-0.1, -0.05) is 20.8 Å². The Morgan fingerprint density at radius 1 is 1.28 bits per heavy atom. The van der Waals surface area contributed by atoms with Crippen molar-refractivity contribution < 1.29 is 4.74 Å². The highest BCUT2D eigenvalue weighted by molar-refractivity contribution is 7.09. The lowest BCUT2D eigenvalue weighted by atomic mass is 9.98. The standard InChI is InChI=1S/C14H26N2OS/c1-5-14(6-2,17-8-4)13-16-12(11-18-13)9-10-15-7-3/h11,15H,5-10H2,1-4H3. The molecule has 104 valence electrons. The first-order chi connectivity index (χ1) is 8.72. The molecular weight excluding hydrogens is 244 g/mol. The van der Waals surface area contributed by atoms with Crippen LogP contribution in [0.4, 0.5) is 0 Å². The van der Waals surface area contributed by atoms with Crippen molar-refractivity contribution in [3.63, 3.8) is 0 Å². The Hall–Kier alpha value is -0.450. The van der Waals surface area contributed by atoms with Crippen LogP contribution in [0, 0.1) is 0 Å². The topological polar surface area (TPSA) is 34.1 Å². The highest BCUT2D eigenvalue weighted by Gasteiger charge is 2.32. The summed E-state index contributed by atoms with van der Waals surface area (Å²) in [5.74, 6) is 0. The van der Waals surface area contributed by atoms with Gasteiger partial charge in [0.15, 0.2) is 0 Å². The lowest BCUT2D eigenvalue weighted by molar-refractivity contribution is -0.0507. The average Bonchev–Trinajstić information content (AvgIpc) is 2.86. The largest absolute Gasteiger partial charge is 0.368 e. The Balaban J connectivity index is 2.74. The normalized spacial score (nSPS) is 12.0. The number of nitrogens with zero attached hydrogens (tertiary/aromatic N) is 1. The van der Waals surface area contributed by atoms with Gasteiger partial charge >= 0.3 is 0 Å². The molecule has 1 heterocycles. The molecule has 1 aromatic heterocycles. The molecule has 0 unspecified atom stereocenters. The number of rotatable bonds is 9. The Kier molecular flexibility index (Phi) is 6.82. The summed E-state index contributed by atoms with van der Waals surface area (Å²) in [7, 11) is 0. The summed E-state index contributed by atoms with van der Waals surface area (Å²) >= 11 is 1.74. The molecule has 1 aromatic rings. The zero-order chi connectivity index (χ0) is 13.4. The van der Waals surface area contributed by atoms with Crippen LogP contribution < -0.4 is 5.32 Å². The highest BCUT2D eigenvalue weighted by Crippen LogP contribution is 2.35. The van der Waals surface area contributed by atoms with Crippen LogP contribution in [-0.2, 0) is 16.8 Å². The molecular formula is C14H26N2OS. The third-order valence-corrected chi connectivity index (χ3v) is 4.39. The predicted molar refractivity (Wildman–Crippen MR) is 78.2 cm³/mol. The third kappa shape index (κ3) is 3.77. The lowest BCUT2D eigenvalue weighted by Gasteiger charge is -2.29. The van der Waals surface area contributed by atoms with Crippen LogP contribution in [0.25, 0.3) is 0 Å². The highest BCUT2D eigenvalue weighted by atomic mass is 32.1. The fourth-order valence-electron chi connectivity index (χ4n) is 2.12. The van der Waals surface area contributed by atoms with Gasteiger partial charge in [0.2, 0.25) is 0 Å². The van der Waals surface area contributed by atoms with Gasteiger partial charge in [-0.05, 0) is 26.3 Å². The molecule has 18 heavy (non-hydrogen) atoms. The number of nitrogens with one attached hydrogen (secondary N) is 1. The first-order valence-electron chi connectivity index (χ1n) is 7.01. The molecule has 0 radical (unpaired) electrons. The quantitative estimate of drug-likeness (QED) is 0.699. The first-order valence-corrected chi connectivity index (χ1v) is 7.89. The van der Waals surface area contributed by atoms with Crippen molar-refractivity contribution in [2.24, 2.45) is 0 Å². The Morgan fingerprint density at radius 2 is 2.00 bits per heavy atom. The van der Waals surface area contributed by atoms with Crippen molar-refractivity contribution in [3.8, 4) is 0 Å². The van der Waals surface area contributed by atoms with E-state index in [9.17, 15) is 0 Å². The van der Waals surface area contributed by atoms with Crippen LogP contribution in [0.1, 0.15) is 51.2 Å². The van der Waals surface area contributed by atoms with Crippen LogP contribution in [0.2, 0.25) is 0 Å². The number of hydrogen-bond donors (Lipinski definition) is 1. The van der Waals surface area contributed by atoms with E-state index in [4.69, 9.17) is 9.72 Å². The maximum absolute atomic E-state index is 5.99. The van der Waals surface area contributed by atoms with Gasteiger partial charge in [-0.3, -0.25) is 0 Å². The zero-order valence-electron chi connectivity index (χ0n) is 12.1. The van der Waals surface area contributed by atoms with Crippen LogP contribution in [0.3, 0.4) is 0 Å². The first kappa shape index (κ1) is 15.6.